The first-order valence-corrected chi connectivity index (χ1v) is 5.70. The Kier molecular flexibility index (Phi) is 2.21. The van der Waals surface area contributed by atoms with Crippen LogP contribution in [0.2, 0.25) is 0 Å². The standard InChI is InChI=1S/C10H10BrN3O/c11-8-3-12-10-13-9(5-14(10)4-8)7-1-2-15-6-7/h3-5,7H,1-2,6H2. The van der Waals surface area contributed by atoms with E-state index >= 15 is 0 Å². The summed E-state index contributed by atoms with van der Waals surface area (Å²) in [6, 6.07) is 0. The molecule has 1 atom stereocenters. The zero-order valence-electron chi connectivity index (χ0n) is 8.06. The fourth-order valence-corrected chi connectivity index (χ4v) is 2.17. The Balaban J connectivity index is 2.05. The third-order valence-electron chi connectivity index (χ3n) is 2.65. The largest absolute Gasteiger partial charge is 0.381 e. The van der Waals surface area contributed by atoms with E-state index in [1.54, 1.807) is 6.20 Å². The molecule has 1 fully saturated rings. The van der Waals surface area contributed by atoms with Crippen molar-refractivity contribution in [2.75, 3.05) is 13.2 Å². The van der Waals surface area contributed by atoms with E-state index in [1.165, 1.54) is 0 Å². The molecule has 0 N–H and O–H groups in total. The van der Waals surface area contributed by atoms with Crippen LogP contribution in [0, 0.1) is 0 Å². The molecule has 0 bridgehead atoms. The van der Waals surface area contributed by atoms with E-state index in [0.29, 0.717) is 5.92 Å². The molecule has 1 saturated heterocycles. The fourth-order valence-electron chi connectivity index (χ4n) is 1.84. The number of rotatable bonds is 1. The van der Waals surface area contributed by atoms with Crippen LogP contribution in [0.5, 0.6) is 0 Å². The lowest BCUT2D eigenvalue weighted by Gasteiger charge is -1.99. The van der Waals surface area contributed by atoms with Crippen molar-refractivity contribution in [3.8, 4) is 0 Å². The Morgan fingerprint density at radius 3 is 3.20 bits per heavy atom. The van der Waals surface area contributed by atoms with E-state index in [0.717, 1.165) is 35.6 Å². The second-order valence-corrected chi connectivity index (χ2v) is 4.62. The summed E-state index contributed by atoms with van der Waals surface area (Å²) in [7, 11) is 0. The number of halogens is 1. The Morgan fingerprint density at radius 1 is 1.47 bits per heavy atom. The molecule has 0 aliphatic carbocycles. The number of ether oxygens (including phenoxy) is 1. The van der Waals surface area contributed by atoms with Gasteiger partial charge in [-0.3, -0.25) is 4.40 Å². The van der Waals surface area contributed by atoms with Gasteiger partial charge in [0.1, 0.15) is 0 Å². The number of imidazole rings is 1. The predicted molar refractivity (Wildman–Crippen MR) is 58.9 cm³/mol. The van der Waals surface area contributed by atoms with Crippen molar-refractivity contribution in [3.63, 3.8) is 0 Å². The molecule has 1 unspecified atom stereocenters. The van der Waals surface area contributed by atoms with E-state index in [2.05, 4.69) is 25.9 Å². The quantitative estimate of drug-likeness (QED) is 0.794. The van der Waals surface area contributed by atoms with Crippen LogP contribution in [0.3, 0.4) is 0 Å². The first-order valence-electron chi connectivity index (χ1n) is 4.91. The first kappa shape index (κ1) is 9.30. The van der Waals surface area contributed by atoms with Crippen LogP contribution < -0.4 is 0 Å². The molecule has 2 aromatic heterocycles. The van der Waals surface area contributed by atoms with Crippen LogP contribution in [0.4, 0.5) is 0 Å². The number of hydrogen-bond acceptors (Lipinski definition) is 3. The summed E-state index contributed by atoms with van der Waals surface area (Å²) in [5, 5.41) is 0. The molecule has 1 aliphatic rings. The normalized spacial score (nSPS) is 21.3. The zero-order chi connectivity index (χ0) is 10.3. The summed E-state index contributed by atoms with van der Waals surface area (Å²) in [6.45, 7) is 1.63. The Morgan fingerprint density at radius 2 is 2.40 bits per heavy atom. The molecule has 0 radical (unpaired) electrons. The second-order valence-electron chi connectivity index (χ2n) is 3.71. The van der Waals surface area contributed by atoms with Gasteiger partial charge in [-0.05, 0) is 22.4 Å². The molecule has 3 heterocycles. The zero-order valence-corrected chi connectivity index (χ0v) is 9.64. The summed E-state index contributed by atoms with van der Waals surface area (Å²) in [5.41, 5.74) is 1.08. The highest BCUT2D eigenvalue weighted by atomic mass is 79.9. The molecule has 15 heavy (non-hydrogen) atoms. The van der Waals surface area contributed by atoms with E-state index in [9.17, 15) is 0 Å². The number of aromatic nitrogens is 3. The summed E-state index contributed by atoms with van der Waals surface area (Å²) in [6.07, 6.45) is 6.82. The van der Waals surface area contributed by atoms with Gasteiger partial charge >= 0.3 is 0 Å². The minimum atomic E-state index is 0.436. The highest BCUT2D eigenvalue weighted by Crippen LogP contribution is 2.24. The Labute approximate surface area is 95.4 Å². The molecule has 3 rings (SSSR count). The highest BCUT2D eigenvalue weighted by Gasteiger charge is 2.20. The predicted octanol–water partition coefficient (Wildman–Crippen LogP) is 2.00. The van der Waals surface area contributed by atoms with Crippen LogP contribution >= 0.6 is 15.9 Å². The summed E-state index contributed by atoms with van der Waals surface area (Å²) < 4.78 is 8.25. The van der Waals surface area contributed by atoms with Crippen molar-refractivity contribution in [1.29, 1.82) is 0 Å². The van der Waals surface area contributed by atoms with Crippen LogP contribution in [-0.2, 0) is 4.74 Å². The molecule has 0 amide bonds. The van der Waals surface area contributed by atoms with Crippen molar-refractivity contribution in [2.24, 2.45) is 0 Å². The topological polar surface area (TPSA) is 39.4 Å². The summed E-state index contributed by atoms with van der Waals surface area (Å²) in [5.74, 6) is 1.19. The molecular weight excluding hydrogens is 258 g/mol. The minimum Gasteiger partial charge on any atom is -0.381 e. The maximum Gasteiger partial charge on any atom is 0.233 e. The van der Waals surface area contributed by atoms with Crippen LogP contribution in [0.15, 0.2) is 23.1 Å². The lowest BCUT2D eigenvalue weighted by Crippen LogP contribution is -1.97. The average molecular weight is 268 g/mol. The van der Waals surface area contributed by atoms with Gasteiger partial charge in [-0.2, -0.15) is 0 Å². The second kappa shape index (κ2) is 3.57. The van der Waals surface area contributed by atoms with Gasteiger partial charge in [0.2, 0.25) is 5.78 Å². The van der Waals surface area contributed by atoms with E-state index in [1.807, 2.05) is 16.8 Å². The molecule has 2 aromatic rings. The van der Waals surface area contributed by atoms with Crippen molar-refractivity contribution >= 4 is 21.7 Å². The minimum absolute atomic E-state index is 0.436. The lowest BCUT2D eigenvalue weighted by atomic mass is 10.1. The number of hydrogen-bond donors (Lipinski definition) is 0. The fraction of sp³-hybridized carbons (Fsp3) is 0.400. The maximum atomic E-state index is 5.35. The molecule has 0 saturated carbocycles. The summed E-state index contributed by atoms with van der Waals surface area (Å²) >= 11 is 3.39. The van der Waals surface area contributed by atoms with Crippen LogP contribution in [-0.4, -0.2) is 27.6 Å². The molecular formula is C10H10BrN3O. The first-order chi connectivity index (χ1) is 7.33. The van der Waals surface area contributed by atoms with Gasteiger partial charge in [0.25, 0.3) is 0 Å². The van der Waals surface area contributed by atoms with E-state index in [-0.39, 0.29) is 0 Å². The van der Waals surface area contributed by atoms with Crippen molar-refractivity contribution in [3.05, 3.63) is 28.8 Å². The smallest absolute Gasteiger partial charge is 0.233 e. The summed E-state index contributed by atoms with van der Waals surface area (Å²) in [4.78, 5) is 8.72. The third kappa shape index (κ3) is 1.66. The van der Waals surface area contributed by atoms with Gasteiger partial charge in [-0.1, -0.05) is 0 Å². The average Bonchev–Trinajstić information content (AvgIpc) is 2.84. The lowest BCUT2D eigenvalue weighted by molar-refractivity contribution is 0.193. The molecule has 4 nitrogen and oxygen atoms in total. The highest BCUT2D eigenvalue weighted by molar-refractivity contribution is 9.10. The molecule has 1 aliphatic heterocycles. The Bertz CT molecular complexity index is 490. The van der Waals surface area contributed by atoms with Crippen LogP contribution in [0.1, 0.15) is 18.0 Å². The van der Waals surface area contributed by atoms with Gasteiger partial charge in [-0.25, -0.2) is 9.97 Å². The van der Waals surface area contributed by atoms with Crippen molar-refractivity contribution in [2.45, 2.75) is 12.3 Å². The molecule has 0 spiro atoms. The third-order valence-corrected chi connectivity index (χ3v) is 3.05. The van der Waals surface area contributed by atoms with Gasteiger partial charge in [0.05, 0.1) is 16.8 Å². The Hall–Kier alpha value is -0.940. The van der Waals surface area contributed by atoms with Crippen molar-refractivity contribution in [1.82, 2.24) is 14.4 Å². The van der Waals surface area contributed by atoms with Gasteiger partial charge in [-0.15, -0.1) is 0 Å². The number of fused-ring (bicyclic) bond motifs is 1. The maximum absolute atomic E-state index is 5.35. The van der Waals surface area contributed by atoms with Gasteiger partial charge in [0.15, 0.2) is 0 Å². The monoisotopic (exact) mass is 267 g/mol. The van der Waals surface area contributed by atoms with Crippen LogP contribution in [0.25, 0.3) is 5.78 Å². The van der Waals surface area contributed by atoms with E-state index < -0.39 is 0 Å². The van der Waals surface area contributed by atoms with Gasteiger partial charge in [0, 0.05) is 31.1 Å². The molecule has 78 valence electrons. The SMILES string of the molecule is Brc1cnc2nc(C3CCOC3)cn2c1. The van der Waals surface area contributed by atoms with Crippen molar-refractivity contribution < 1.29 is 4.74 Å². The number of nitrogens with zero attached hydrogens (tertiary/aromatic N) is 3. The molecule has 0 aromatic carbocycles. The molecule has 5 heteroatoms. The van der Waals surface area contributed by atoms with E-state index in [4.69, 9.17) is 4.74 Å². The van der Waals surface area contributed by atoms with Gasteiger partial charge < -0.3 is 4.74 Å².